The Balaban J connectivity index is -0.0000000817. The van der Waals surface area contributed by atoms with Crippen molar-refractivity contribution in [3.05, 3.63) is 0 Å². The van der Waals surface area contributed by atoms with Crippen LogP contribution in [0, 0.1) is 0 Å². The van der Waals surface area contributed by atoms with Crippen LogP contribution in [0.25, 0.3) is 0 Å². The van der Waals surface area contributed by atoms with Crippen molar-refractivity contribution in [3.63, 3.8) is 0 Å². The van der Waals surface area contributed by atoms with E-state index in [1.807, 2.05) is 0 Å². The van der Waals surface area contributed by atoms with E-state index < -0.39 is 0 Å². The van der Waals surface area contributed by atoms with Gasteiger partial charge < -0.3 is 12.4 Å². The zero-order valence-corrected chi connectivity index (χ0v) is 7.34. The molecule has 0 unspecified atom stereocenters. The maximum atomic E-state index is 9.64. The van der Waals surface area contributed by atoms with Gasteiger partial charge in [0.2, 0.25) is 0 Å². The van der Waals surface area contributed by atoms with Gasteiger partial charge in [0.1, 0.15) is 12.9 Å². The van der Waals surface area contributed by atoms with Crippen LogP contribution in [0.4, 0.5) is 0 Å². The van der Waals surface area contributed by atoms with E-state index in [9.17, 15) is 4.79 Å². The molecule has 0 fully saturated rings. The smallest absolute Gasteiger partial charge is 1.00 e. The van der Waals surface area contributed by atoms with Gasteiger partial charge in [0.25, 0.3) is 0 Å². The standard InChI is InChI=1S/C6H12O2.Mg.2H/c1-2-3-5-8-6-4-7;;;/h4H,2-3,5-6H2,1H3;;;/q;+2;2*-1. The van der Waals surface area contributed by atoms with Crippen LogP contribution in [0.1, 0.15) is 22.6 Å². The van der Waals surface area contributed by atoms with Gasteiger partial charge in [-0.05, 0) is 6.42 Å². The molecule has 0 N–H and O–H groups in total. The van der Waals surface area contributed by atoms with Crippen LogP contribution in [0.5, 0.6) is 0 Å². The Labute approximate surface area is 75.1 Å². The average Bonchev–Trinajstić information content (AvgIpc) is 1.81. The molecule has 0 aliphatic carbocycles. The van der Waals surface area contributed by atoms with Crippen LogP contribution in [-0.4, -0.2) is 42.6 Å². The summed E-state index contributed by atoms with van der Waals surface area (Å²) in [7, 11) is 0. The monoisotopic (exact) mass is 142 g/mol. The topological polar surface area (TPSA) is 26.3 Å². The molecule has 0 aliphatic heterocycles. The van der Waals surface area contributed by atoms with E-state index in [0.29, 0.717) is 0 Å². The Morgan fingerprint density at radius 3 is 2.78 bits per heavy atom. The van der Waals surface area contributed by atoms with Crippen LogP contribution in [-0.2, 0) is 9.53 Å². The number of carbonyl (C=O) groups is 1. The van der Waals surface area contributed by atoms with E-state index in [-0.39, 0.29) is 32.5 Å². The van der Waals surface area contributed by atoms with Gasteiger partial charge in [-0.3, -0.25) is 0 Å². The van der Waals surface area contributed by atoms with Crippen molar-refractivity contribution in [2.75, 3.05) is 13.2 Å². The second-order valence-electron chi connectivity index (χ2n) is 1.60. The SMILES string of the molecule is CCCCOCC=O.[H-].[H-].[Mg+2]. The van der Waals surface area contributed by atoms with Crippen molar-refractivity contribution in [2.45, 2.75) is 19.8 Å². The summed E-state index contributed by atoms with van der Waals surface area (Å²) >= 11 is 0. The molecule has 0 saturated heterocycles. The fourth-order valence-electron chi connectivity index (χ4n) is 0.378. The number of hydrogen-bond donors (Lipinski definition) is 0. The first kappa shape index (κ1) is 12.1. The molecule has 0 atom stereocenters. The molecule has 3 heteroatoms. The fraction of sp³-hybridized carbons (Fsp3) is 0.833. The van der Waals surface area contributed by atoms with Gasteiger partial charge in [-0.2, -0.15) is 0 Å². The predicted octanol–water partition coefficient (Wildman–Crippen LogP) is 0.846. The first-order chi connectivity index (χ1) is 3.91. The second kappa shape index (κ2) is 11.2. The van der Waals surface area contributed by atoms with Crippen LogP contribution in [0.3, 0.4) is 0 Å². The Bertz CT molecular complexity index is 64.5. The number of ether oxygens (including phenoxy) is 1. The van der Waals surface area contributed by atoms with E-state index in [4.69, 9.17) is 4.74 Å². The van der Waals surface area contributed by atoms with Crippen molar-refractivity contribution < 1.29 is 12.4 Å². The molecule has 0 aliphatic rings. The van der Waals surface area contributed by atoms with Crippen LogP contribution in [0.15, 0.2) is 0 Å². The Hall–Kier alpha value is 0.396. The third-order valence-electron chi connectivity index (χ3n) is 0.828. The largest absolute Gasteiger partial charge is 2.00 e. The predicted molar refractivity (Wildman–Crippen MR) is 39.8 cm³/mol. The third kappa shape index (κ3) is 11.8. The van der Waals surface area contributed by atoms with Gasteiger partial charge in [-0.1, -0.05) is 13.3 Å². The van der Waals surface area contributed by atoms with Gasteiger partial charge >= 0.3 is 23.1 Å². The summed E-state index contributed by atoms with van der Waals surface area (Å²) < 4.78 is 4.86. The molecule has 0 aromatic carbocycles. The summed E-state index contributed by atoms with van der Waals surface area (Å²) in [6, 6.07) is 0. The van der Waals surface area contributed by atoms with Gasteiger partial charge in [0.15, 0.2) is 0 Å². The minimum absolute atomic E-state index is 0. The fourth-order valence-corrected chi connectivity index (χ4v) is 0.378. The molecule has 0 radical (unpaired) electrons. The minimum atomic E-state index is 0. The molecule has 52 valence electrons. The molecule has 0 aromatic rings. The third-order valence-corrected chi connectivity index (χ3v) is 0.828. The van der Waals surface area contributed by atoms with Crippen LogP contribution >= 0.6 is 0 Å². The molecule has 0 amide bonds. The minimum Gasteiger partial charge on any atom is -1.00 e. The molecule has 0 bridgehead atoms. The van der Waals surface area contributed by atoms with Gasteiger partial charge in [0.05, 0.1) is 0 Å². The van der Waals surface area contributed by atoms with E-state index in [0.717, 1.165) is 25.7 Å². The van der Waals surface area contributed by atoms with Gasteiger partial charge in [-0.15, -0.1) is 0 Å². The van der Waals surface area contributed by atoms with Crippen molar-refractivity contribution in [3.8, 4) is 0 Å². The van der Waals surface area contributed by atoms with Crippen molar-refractivity contribution >= 4 is 29.3 Å². The summed E-state index contributed by atoms with van der Waals surface area (Å²) in [5.74, 6) is 0. The quantitative estimate of drug-likeness (QED) is 0.323. The summed E-state index contributed by atoms with van der Waals surface area (Å²) in [6.45, 7) is 3.06. The summed E-state index contributed by atoms with van der Waals surface area (Å²) in [4.78, 5) is 9.64. The Kier molecular flexibility index (Phi) is 15.1. The molecule has 0 aromatic heterocycles. The number of unbranched alkanes of at least 4 members (excludes halogenated alkanes) is 1. The van der Waals surface area contributed by atoms with Gasteiger partial charge in [0, 0.05) is 6.61 Å². The van der Waals surface area contributed by atoms with E-state index in [1.165, 1.54) is 0 Å². The maximum absolute atomic E-state index is 9.64. The van der Waals surface area contributed by atoms with Crippen molar-refractivity contribution in [1.82, 2.24) is 0 Å². The zero-order chi connectivity index (χ0) is 6.24. The Morgan fingerprint density at radius 2 is 2.33 bits per heavy atom. The maximum Gasteiger partial charge on any atom is 2.00 e. The molecule has 2 nitrogen and oxygen atoms in total. The Morgan fingerprint density at radius 1 is 1.67 bits per heavy atom. The first-order valence-corrected chi connectivity index (χ1v) is 2.93. The second-order valence-corrected chi connectivity index (χ2v) is 1.60. The zero-order valence-electron chi connectivity index (χ0n) is 7.93. The van der Waals surface area contributed by atoms with Crippen LogP contribution in [0.2, 0.25) is 0 Å². The number of hydrogen-bond acceptors (Lipinski definition) is 2. The van der Waals surface area contributed by atoms with Crippen molar-refractivity contribution in [1.29, 1.82) is 0 Å². The van der Waals surface area contributed by atoms with Crippen molar-refractivity contribution in [2.24, 2.45) is 0 Å². The summed E-state index contributed by atoms with van der Waals surface area (Å²) in [6.07, 6.45) is 2.95. The van der Waals surface area contributed by atoms with E-state index >= 15 is 0 Å². The average molecular weight is 142 g/mol. The molecule has 0 rings (SSSR count). The van der Waals surface area contributed by atoms with Crippen LogP contribution < -0.4 is 0 Å². The molecule has 0 spiro atoms. The normalized spacial score (nSPS) is 8.11. The molecule has 0 saturated carbocycles. The molecule has 0 heterocycles. The molecule has 9 heavy (non-hydrogen) atoms. The summed E-state index contributed by atoms with van der Waals surface area (Å²) in [5, 5.41) is 0. The molecular formula is C6H14MgO2. The van der Waals surface area contributed by atoms with Gasteiger partial charge in [-0.25, -0.2) is 0 Å². The molecular weight excluding hydrogens is 128 g/mol. The number of carbonyl (C=O) groups excluding carboxylic acids is 1. The first-order valence-electron chi connectivity index (χ1n) is 2.93. The van der Waals surface area contributed by atoms with E-state index in [2.05, 4.69) is 6.92 Å². The summed E-state index contributed by atoms with van der Waals surface area (Å²) in [5.41, 5.74) is 0. The number of aldehydes is 1. The number of rotatable bonds is 5. The van der Waals surface area contributed by atoms with E-state index in [1.54, 1.807) is 0 Å².